The second-order valence-electron chi connectivity index (χ2n) is 3.59. The molecule has 0 aromatic heterocycles. The lowest BCUT2D eigenvalue weighted by molar-refractivity contribution is 0.603. The van der Waals surface area contributed by atoms with E-state index < -0.39 is 14.9 Å². The van der Waals surface area contributed by atoms with Gasteiger partial charge in [-0.2, -0.15) is 0 Å². The van der Waals surface area contributed by atoms with Gasteiger partial charge < -0.3 is 0 Å². The van der Waals surface area contributed by atoms with E-state index in [1.807, 2.05) is 0 Å². The first-order chi connectivity index (χ1) is 8.38. The van der Waals surface area contributed by atoms with Gasteiger partial charge in [-0.15, -0.1) is 0 Å². The summed E-state index contributed by atoms with van der Waals surface area (Å²) in [7, 11) is 1.22. The Morgan fingerprint density at radius 1 is 1.00 bits per heavy atom. The lowest BCUT2D eigenvalue weighted by Crippen LogP contribution is -1.93. The van der Waals surface area contributed by atoms with Crippen LogP contribution < -0.4 is 0 Å². The highest BCUT2D eigenvalue weighted by atomic mass is 35.7. The standard InChI is InChI=1S/C12H7Cl2FO2S/c13-9-3-1-8(2-4-9)11-6-5-10(7-12(11)15)18(14,16)17/h1-7H. The minimum atomic E-state index is -3.92. The molecular weight excluding hydrogens is 298 g/mol. The zero-order valence-electron chi connectivity index (χ0n) is 8.90. The Morgan fingerprint density at radius 2 is 1.61 bits per heavy atom. The van der Waals surface area contributed by atoms with Crippen LogP contribution in [0.15, 0.2) is 47.4 Å². The summed E-state index contributed by atoms with van der Waals surface area (Å²) < 4.78 is 35.9. The van der Waals surface area contributed by atoms with Gasteiger partial charge >= 0.3 is 0 Å². The fraction of sp³-hybridized carbons (Fsp3) is 0. The first kappa shape index (κ1) is 13.3. The van der Waals surface area contributed by atoms with E-state index in [-0.39, 0.29) is 10.5 Å². The van der Waals surface area contributed by atoms with Crippen molar-refractivity contribution in [3.8, 4) is 11.1 Å². The highest BCUT2D eigenvalue weighted by Crippen LogP contribution is 2.27. The van der Waals surface area contributed by atoms with Gasteiger partial charge in [-0.25, -0.2) is 12.8 Å². The fourth-order valence-corrected chi connectivity index (χ4v) is 2.40. The Bertz CT molecular complexity index is 682. The molecule has 0 aliphatic carbocycles. The lowest BCUT2D eigenvalue weighted by atomic mass is 10.1. The van der Waals surface area contributed by atoms with Gasteiger partial charge in [0, 0.05) is 21.3 Å². The third kappa shape index (κ3) is 2.83. The molecule has 6 heteroatoms. The number of halogens is 3. The normalized spacial score (nSPS) is 11.5. The fourth-order valence-electron chi connectivity index (χ4n) is 1.51. The highest BCUT2D eigenvalue weighted by molar-refractivity contribution is 8.13. The second-order valence-corrected chi connectivity index (χ2v) is 6.59. The maximum Gasteiger partial charge on any atom is 0.261 e. The summed E-state index contributed by atoms with van der Waals surface area (Å²) in [6.07, 6.45) is 0. The van der Waals surface area contributed by atoms with Crippen LogP contribution in [0.5, 0.6) is 0 Å². The molecule has 0 bridgehead atoms. The molecule has 2 nitrogen and oxygen atoms in total. The van der Waals surface area contributed by atoms with Crippen LogP contribution in [0.2, 0.25) is 5.02 Å². The number of benzene rings is 2. The maximum absolute atomic E-state index is 13.8. The third-order valence-corrected chi connectivity index (χ3v) is 3.98. The molecule has 0 radical (unpaired) electrons. The lowest BCUT2D eigenvalue weighted by Gasteiger charge is -2.05. The van der Waals surface area contributed by atoms with Crippen molar-refractivity contribution in [2.45, 2.75) is 4.90 Å². The van der Waals surface area contributed by atoms with Crippen LogP contribution in [-0.2, 0) is 9.05 Å². The molecule has 0 saturated carbocycles. The van der Waals surface area contributed by atoms with E-state index in [9.17, 15) is 12.8 Å². The molecule has 0 N–H and O–H groups in total. The molecule has 0 aliphatic rings. The van der Waals surface area contributed by atoms with Crippen molar-refractivity contribution in [1.82, 2.24) is 0 Å². The topological polar surface area (TPSA) is 34.1 Å². The minimum absolute atomic E-state index is 0.264. The Morgan fingerprint density at radius 3 is 2.11 bits per heavy atom. The molecule has 18 heavy (non-hydrogen) atoms. The summed E-state index contributed by atoms with van der Waals surface area (Å²) in [4.78, 5) is -0.264. The third-order valence-electron chi connectivity index (χ3n) is 2.38. The number of hydrogen-bond donors (Lipinski definition) is 0. The molecular formula is C12H7Cl2FO2S. The summed E-state index contributed by atoms with van der Waals surface area (Å²) in [6, 6.07) is 10.1. The zero-order valence-corrected chi connectivity index (χ0v) is 11.2. The molecule has 0 fully saturated rings. The van der Waals surface area contributed by atoms with E-state index in [1.165, 1.54) is 12.1 Å². The van der Waals surface area contributed by atoms with Crippen LogP contribution in [0.25, 0.3) is 11.1 Å². The monoisotopic (exact) mass is 304 g/mol. The largest absolute Gasteiger partial charge is 0.261 e. The molecule has 94 valence electrons. The van der Waals surface area contributed by atoms with E-state index in [0.29, 0.717) is 10.6 Å². The van der Waals surface area contributed by atoms with Gasteiger partial charge in [-0.05, 0) is 29.8 Å². The van der Waals surface area contributed by atoms with Gasteiger partial charge in [0.1, 0.15) is 5.82 Å². The van der Waals surface area contributed by atoms with Crippen LogP contribution in [0.3, 0.4) is 0 Å². The van der Waals surface area contributed by atoms with Crippen molar-refractivity contribution in [2.24, 2.45) is 0 Å². The van der Waals surface area contributed by atoms with Crippen LogP contribution in [0.4, 0.5) is 4.39 Å². The summed E-state index contributed by atoms with van der Waals surface area (Å²) in [5.74, 6) is -0.654. The van der Waals surface area contributed by atoms with E-state index in [0.717, 1.165) is 6.07 Å². The summed E-state index contributed by atoms with van der Waals surface area (Å²) in [5, 5.41) is 0.541. The minimum Gasteiger partial charge on any atom is -0.207 e. The van der Waals surface area contributed by atoms with Crippen LogP contribution in [-0.4, -0.2) is 8.42 Å². The summed E-state index contributed by atoms with van der Waals surface area (Å²) in [6.45, 7) is 0. The molecule has 0 aliphatic heterocycles. The van der Waals surface area contributed by atoms with Crippen molar-refractivity contribution in [1.29, 1.82) is 0 Å². The molecule has 0 saturated heterocycles. The van der Waals surface area contributed by atoms with Crippen molar-refractivity contribution < 1.29 is 12.8 Å². The van der Waals surface area contributed by atoms with E-state index in [1.54, 1.807) is 24.3 Å². The van der Waals surface area contributed by atoms with E-state index in [2.05, 4.69) is 0 Å². The quantitative estimate of drug-likeness (QED) is 0.784. The van der Waals surface area contributed by atoms with Crippen LogP contribution in [0.1, 0.15) is 0 Å². The Hall–Kier alpha value is -1.10. The van der Waals surface area contributed by atoms with Gasteiger partial charge in [0.2, 0.25) is 0 Å². The van der Waals surface area contributed by atoms with Gasteiger partial charge in [0.15, 0.2) is 0 Å². The molecule has 2 aromatic rings. The van der Waals surface area contributed by atoms with Crippen molar-refractivity contribution >= 4 is 31.3 Å². The van der Waals surface area contributed by atoms with Gasteiger partial charge in [-0.1, -0.05) is 29.8 Å². The van der Waals surface area contributed by atoms with Crippen molar-refractivity contribution in [3.63, 3.8) is 0 Å². The molecule has 0 heterocycles. The Balaban J connectivity index is 2.51. The average molecular weight is 305 g/mol. The average Bonchev–Trinajstić information content (AvgIpc) is 2.29. The van der Waals surface area contributed by atoms with Gasteiger partial charge in [0.25, 0.3) is 9.05 Å². The van der Waals surface area contributed by atoms with Crippen LogP contribution >= 0.6 is 22.3 Å². The predicted octanol–water partition coefficient (Wildman–Crippen LogP) is 4.07. The molecule has 2 aromatic carbocycles. The van der Waals surface area contributed by atoms with Gasteiger partial charge in [0.05, 0.1) is 4.90 Å². The second kappa shape index (κ2) is 4.88. The first-order valence-electron chi connectivity index (χ1n) is 4.88. The number of hydrogen-bond acceptors (Lipinski definition) is 2. The summed E-state index contributed by atoms with van der Waals surface area (Å²) >= 11 is 5.73. The maximum atomic E-state index is 13.8. The molecule has 0 spiro atoms. The Kier molecular flexibility index (Phi) is 3.61. The summed E-state index contributed by atoms with van der Waals surface area (Å²) in [5.41, 5.74) is 0.895. The molecule has 0 unspecified atom stereocenters. The smallest absolute Gasteiger partial charge is 0.207 e. The molecule has 0 amide bonds. The Labute approximate surface area is 113 Å². The number of rotatable bonds is 2. The zero-order chi connectivity index (χ0) is 13.3. The SMILES string of the molecule is O=S(=O)(Cl)c1ccc(-c2ccc(Cl)cc2)c(F)c1. The van der Waals surface area contributed by atoms with E-state index >= 15 is 0 Å². The predicted molar refractivity (Wildman–Crippen MR) is 69.9 cm³/mol. The van der Waals surface area contributed by atoms with Crippen molar-refractivity contribution in [2.75, 3.05) is 0 Å². The first-order valence-corrected chi connectivity index (χ1v) is 7.57. The van der Waals surface area contributed by atoms with E-state index in [4.69, 9.17) is 22.3 Å². The molecule has 2 rings (SSSR count). The van der Waals surface area contributed by atoms with Gasteiger partial charge in [-0.3, -0.25) is 0 Å². The van der Waals surface area contributed by atoms with Crippen LogP contribution in [0, 0.1) is 5.82 Å². The highest BCUT2D eigenvalue weighted by Gasteiger charge is 2.13. The molecule has 0 atom stereocenters. The van der Waals surface area contributed by atoms with Crippen molar-refractivity contribution in [3.05, 3.63) is 53.3 Å².